The molecule has 1 rings (SSSR count). The lowest BCUT2D eigenvalue weighted by Crippen LogP contribution is -2.00. The van der Waals surface area contributed by atoms with E-state index in [1.807, 2.05) is 0 Å². The number of rotatable bonds is 4. The molecule has 0 unspecified atom stereocenters. The maximum Gasteiger partial charge on any atom is 0.306 e. The average molecular weight is 265 g/mol. The number of benzene rings is 1. The van der Waals surface area contributed by atoms with Crippen molar-refractivity contribution in [2.75, 3.05) is 12.9 Å². The Morgan fingerprint density at radius 3 is 2.53 bits per heavy atom. The van der Waals surface area contributed by atoms with Crippen molar-refractivity contribution in [1.82, 2.24) is 0 Å². The molecule has 0 N–H and O–H groups in total. The number of ether oxygens (including phenoxy) is 1. The molecule has 0 radical (unpaired) electrons. The highest BCUT2D eigenvalue weighted by Gasteiger charge is 2.07. The summed E-state index contributed by atoms with van der Waals surface area (Å²) in [4.78, 5) is 11.7. The zero-order valence-electron chi connectivity index (χ0n) is 8.13. The molecule has 1 aromatic rings. The highest BCUT2D eigenvalue weighted by Crippen LogP contribution is 2.33. The lowest BCUT2D eigenvalue weighted by molar-refractivity contribution is -0.140. The van der Waals surface area contributed by atoms with Gasteiger partial charge in [0, 0.05) is 10.6 Å². The SMILES string of the molecule is COC(=O)CCSc1c(Cl)cccc1Cl. The van der Waals surface area contributed by atoms with Gasteiger partial charge in [-0.05, 0) is 12.1 Å². The summed E-state index contributed by atoms with van der Waals surface area (Å²) < 4.78 is 4.53. The van der Waals surface area contributed by atoms with Gasteiger partial charge in [-0.15, -0.1) is 11.8 Å². The first-order chi connectivity index (χ1) is 7.15. The Balaban J connectivity index is 2.54. The van der Waals surface area contributed by atoms with Crippen molar-refractivity contribution < 1.29 is 9.53 Å². The first-order valence-electron chi connectivity index (χ1n) is 4.28. The predicted octanol–water partition coefficient (Wildman–Crippen LogP) is 3.65. The molecule has 0 spiro atoms. The Hall–Kier alpha value is -0.380. The monoisotopic (exact) mass is 264 g/mol. The van der Waals surface area contributed by atoms with E-state index >= 15 is 0 Å². The van der Waals surface area contributed by atoms with Crippen LogP contribution in [-0.4, -0.2) is 18.8 Å². The summed E-state index contributed by atoms with van der Waals surface area (Å²) in [6.07, 6.45) is 0.350. The van der Waals surface area contributed by atoms with Crippen LogP contribution < -0.4 is 0 Å². The van der Waals surface area contributed by atoms with E-state index in [1.165, 1.54) is 18.9 Å². The molecule has 1 aromatic carbocycles. The lowest BCUT2D eigenvalue weighted by Gasteiger charge is -2.05. The van der Waals surface area contributed by atoms with Crippen LogP contribution in [0.5, 0.6) is 0 Å². The van der Waals surface area contributed by atoms with Crippen LogP contribution in [0, 0.1) is 0 Å². The van der Waals surface area contributed by atoms with E-state index < -0.39 is 0 Å². The van der Waals surface area contributed by atoms with Crippen molar-refractivity contribution in [3.63, 3.8) is 0 Å². The predicted molar refractivity (Wildman–Crippen MR) is 63.8 cm³/mol. The van der Waals surface area contributed by atoms with E-state index in [-0.39, 0.29) is 5.97 Å². The summed E-state index contributed by atoms with van der Waals surface area (Å²) in [5.41, 5.74) is 0. The molecule has 2 nitrogen and oxygen atoms in total. The van der Waals surface area contributed by atoms with Crippen molar-refractivity contribution in [3.05, 3.63) is 28.2 Å². The Morgan fingerprint density at radius 1 is 1.40 bits per heavy atom. The summed E-state index contributed by atoms with van der Waals surface area (Å²) >= 11 is 13.4. The van der Waals surface area contributed by atoms with Crippen LogP contribution in [0.1, 0.15) is 6.42 Å². The summed E-state index contributed by atoms with van der Waals surface area (Å²) in [6.45, 7) is 0. The van der Waals surface area contributed by atoms with Gasteiger partial charge in [-0.25, -0.2) is 0 Å². The number of carbonyl (C=O) groups excluding carboxylic acids is 1. The van der Waals surface area contributed by atoms with Gasteiger partial charge in [-0.3, -0.25) is 4.79 Å². The van der Waals surface area contributed by atoms with Crippen LogP contribution in [0.4, 0.5) is 0 Å². The molecule has 0 amide bonds. The molecule has 0 fully saturated rings. The van der Waals surface area contributed by atoms with Crippen LogP contribution >= 0.6 is 35.0 Å². The standard InChI is InChI=1S/C10H10Cl2O2S/c1-14-9(13)5-6-15-10-7(11)3-2-4-8(10)12/h2-4H,5-6H2,1H3. The molecular formula is C10H10Cl2O2S. The van der Waals surface area contributed by atoms with E-state index in [4.69, 9.17) is 23.2 Å². The first kappa shape index (κ1) is 12.7. The van der Waals surface area contributed by atoms with Crippen molar-refractivity contribution >= 4 is 40.9 Å². The summed E-state index contributed by atoms with van der Waals surface area (Å²) in [6, 6.07) is 5.33. The molecule has 0 atom stereocenters. The topological polar surface area (TPSA) is 26.3 Å². The second kappa shape index (κ2) is 6.26. The highest BCUT2D eigenvalue weighted by molar-refractivity contribution is 7.99. The van der Waals surface area contributed by atoms with Crippen LogP contribution in [-0.2, 0) is 9.53 Å². The van der Waals surface area contributed by atoms with Crippen molar-refractivity contribution in [2.45, 2.75) is 11.3 Å². The number of hydrogen-bond acceptors (Lipinski definition) is 3. The van der Waals surface area contributed by atoms with E-state index in [1.54, 1.807) is 18.2 Å². The molecule has 0 heterocycles. The van der Waals surface area contributed by atoms with Gasteiger partial charge in [0.15, 0.2) is 0 Å². The number of halogens is 2. The number of carbonyl (C=O) groups is 1. The van der Waals surface area contributed by atoms with E-state index in [0.717, 1.165) is 4.90 Å². The quantitative estimate of drug-likeness (QED) is 0.614. The van der Waals surface area contributed by atoms with E-state index in [9.17, 15) is 4.79 Å². The average Bonchev–Trinajstić information content (AvgIpc) is 2.22. The first-order valence-corrected chi connectivity index (χ1v) is 6.03. The minimum absolute atomic E-state index is 0.231. The normalized spacial score (nSPS) is 10.1. The molecule has 82 valence electrons. The van der Waals surface area contributed by atoms with Gasteiger partial charge in [-0.2, -0.15) is 0 Å². The Kier molecular flexibility index (Phi) is 5.29. The van der Waals surface area contributed by atoms with Crippen molar-refractivity contribution in [2.24, 2.45) is 0 Å². The Bertz CT molecular complexity index is 335. The zero-order chi connectivity index (χ0) is 11.3. The summed E-state index contributed by atoms with van der Waals surface area (Å²) in [5.74, 6) is 0.376. The molecule has 0 saturated heterocycles. The molecule has 0 aliphatic heterocycles. The molecule has 15 heavy (non-hydrogen) atoms. The summed E-state index contributed by atoms with van der Waals surface area (Å²) in [5, 5.41) is 1.22. The summed E-state index contributed by atoms with van der Waals surface area (Å²) in [7, 11) is 1.37. The number of hydrogen-bond donors (Lipinski definition) is 0. The van der Waals surface area contributed by atoms with E-state index in [2.05, 4.69) is 4.74 Å². The minimum atomic E-state index is -0.231. The van der Waals surface area contributed by atoms with Gasteiger partial charge in [0.1, 0.15) is 0 Å². The molecule has 0 aliphatic carbocycles. The van der Waals surface area contributed by atoms with E-state index in [0.29, 0.717) is 22.2 Å². The van der Waals surface area contributed by atoms with Crippen molar-refractivity contribution in [3.8, 4) is 0 Å². The fourth-order valence-electron chi connectivity index (χ4n) is 0.959. The van der Waals surface area contributed by atoms with Gasteiger partial charge in [-0.1, -0.05) is 29.3 Å². The molecular weight excluding hydrogens is 255 g/mol. The zero-order valence-corrected chi connectivity index (χ0v) is 10.5. The Labute approximate surface area is 103 Å². The third kappa shape index (κ3) is 3.93. The van der Waals surface area contributed by atoms with Gasteiger partial charge < -0.3 is 4.74 Å². The smallest absolute Gasteiger partial charge is 0.306 e. The van der Waals surface area contributed by atoms with Gasteiger partial charge in [0.2, 0.25) is 0 Å². The number of thioether (sulfide) groups is 1. The molecule has 5 heteroatoms. The number of esters is 1. The van der Waals surface area contributed by atoms with Gasteiger partial charge in [0.25, 0.3) is 0 Å². The third-order valence-electron chi connectivity index (χ3n) is 1.70. The Morgan fingerprint density at radius 2 is 2.00 bits per heavy atom. The van der Waals surface area contributed by atoms with Crippen LogP contribution in [0.2, 0.25) is 10.0 Å². The maximum absolute atomic E-state index is 10.9. The van der Waals surface area contributed by atoms with Crippen LogP contribution in [0.3, 0.4) is 0 Å². The lowest BCUT2D eigenvalue weighted by atomic mass is 10.4. The molecule has 0 saturated carbocycles. The van der Waals surface area contributed by atoms with Crippen LogP contribution in [0.15, 0.2) is 23.1 Å². The second-order valence-corrected chi connectivity index (χ2v) is 4.64. The highest BCUT2D eigenvalue weighted by atomic mass is 35.5. The number of methoxy groups -OCH3 is 1. The third-order valence-corrected chi connectivity index (χ3v) is 3.69. The largest absolute Gasteiger partial charge is 0.469 e. The van der Waals surface area contributed by atoms with Gasteiger partial charge >= 0.3 is 5.97 Å². The van der Waals surface area contributed by atoms with Crippen molar-refractivity contribution in [1.29, 1.82) is 0 Å². The minimum Gasteiger partial charge on any atom is -0.469 e. The fourth-order valence-corrected chi connectivity index (χ4v) is 2.57. The van der Waals surface area contributed by atoms with Crippen LogP contribution in [0.25, 0.3) is 0 Å². The molecule has 0 aliphatic rings. The van der Waals surface area contributed by atoms with Gasteiger partial charge in [0.05, 0.1) is 23.6 Å². The fraction of sp³-hybridized carbons (Fsp3) is 0.300. The maximum atomic E-state index is 10.9. The second-order valence-electron chi connectivity index (χ2n) is 2.73. The molecule has 0 aromatic heterocycles. The molecule has 0 bridgehead atoms.